The second-order valence-corrected chi connectivity index (χ2v) is 6.07. The highest BCUT2D eigenvalue weighted by atomic mass is 32.2. The normalized spacial score (nSPS) is 11.5. The van der Waals surface area contributed by atoms with Crippen LogP contribution in [0.25, 0.3) is 0 Å². The summed E-state index contributed by atoms with van der Waals surface area (Å²) in [5, 5.41) is 0. The van der Waals surface area contributed by atoms with Gasteiger partial charge in [-0.05, 0) is 37.1 Å². The van der Waals surface area contributed by atoms with Crippen LogP contribution in [-0.4, -0.2) is 27.8 Å². The summed E-state index contributed by atoms with van der Waals surface area (Å²) in [6.07, 6.45) is 1.43. The van der Waals surface area contributed by atoms with Crippen LogP contribution in [0.1, 0.15) is 18.9 Å². The van der Waals surface area contributed by atoms with Crippen molar-refractivity contribution in [1.82, 2.24) is 0 Å². The van der Waals surface area contributed by atoms with E-state index in [0.29, 0.717) is 18.7 Å². The first kappa shape index (κ1) is 14.0. The molecule has 5 heteroatoms. The first-order valence-corrected chi connectivity index (χ1v) is 7.37. The Morgan fingerprint density at radius 3 is 2.29 bits per heavy atom. The highest BCUT2D eigenvalue weighted by Crippen LogP contribution is 2.17. The Labute approximate surface area is 103 Å². The number of benzene rings is 1. The number of nitrogens with two attached hydrogens (primary N) is 1. The van der Waals surface area contributed by atoms with Crippen LogP contribution in [0.15, 0.2) is 24.3 Å². The first-order chi connectivity index (χ1) is 8.01. The van der Waals surface area contributed by atoms with Gasteiger partial charge in [0.25, 0.3) is 0 Å². The lowest BCUT2D eigenvalue weighted by Gasteiger charge is -2.19. The third-order valence-electron chi connectivity index (χ3n) is 2.73. The van der Waals surface area contributed by atoms with Crippen LogP contribution in [0.2, 0.25) is 0 Å². The summed E-state index contributed by atoms with van der Waals surface area (Å²) in [5.41, 5.74) is 7.22. The molecule has 0 saturated carbocycles. The van der Waals surface area contributed by atoms with Gasteiger partial charge in [-0.3, -0.25) is 4.31 Å². The summed E-state index contributed by atoms with van der Waals surface area (Å²) < 4.78 is 25.2. The van der Waals surface area contributed by atoms with Crippen molar-refractivity contribution in [2.24, 2.45) is 5.73 Å². The Kier molecular flexibility index (Phi) is 4.96. The molecule has 2 N–H and O–H groups in total. The van der Waals surface area contributed by atoms with Crippen molar-refractivity contribution in [2.75, 3.05) is 23.7 Å². The van der Waals surface area contributed by atoms with Gasteiger partial charge >= 0.3 is 0 Å². The van der Waals surface area contributed by atoms with E-state index in [1.54, 1.807) is 7.05 Å². The van der Waals surface area contributed by atoms with Crippen LogP contribution < -0.4 is 10.0 Å². The maximum absolute atomic E-state index is 11.9. The Morgan fingerprint density at radius 1 is 1.24 bits per heavy atom. The van der Waals surface area contributed by atoms with Gasteiger partial charge in [0, 0.05) is 7.05 Å². The number of aryl methyl sites for hydroxylation is 1. The molecule has 0 amide bonds. The molecule has 0 aromatic heterocycles. The van der Waals surface area contributed by atoms with Crippen LogP contribution in [0.4, 0.5) is 5.69 Å². The fourth-order valence-electron chi connectivity index (χ4n) is 1.50. The zero-order valence-electron chi connectivity index (χ0n) is 10.4. The minimum Gasteiger partial charge on any atom is -0.330 e. The van der Waals surface area contributed by atoms with E-state index >= 15 is 0 Å². The molecule has 17 heavy (non-hydrogen) atoms. The minimum absolute atomic E-state index is 0.0928. The van der Waals surface area contributed by atoms with E-state index < -0.39 is 10.0 Å². The molecule has 1 rings (SSSR count). The second kappa shape index (κ2) is 6.02. The highest BCUT2D eigenvalue weighted by Gasteiger charge is 2.17. The van der Waals surface area contributed by atoms with Crippen molar-refractivity contribution in [1.29, 1.82) is 0 Å². The maximum Gasteiger partial charge on any atom is 0.234 e. The van der Waals surface area contributed by atoms with Gasteiger partial charge in [-0.15, -0.1) is 0 Å². The molecule has 0 aliphatic carbocycles. The summed E-state index contributed by atoms with van der Waals surface area (Å²) in [4.78, 5) is 0. The average molecular weight is 256 g/mol. The van der Waals surface area contributed by atoms with Gasteiger partial charge in [-0.1, -0.05) is 19.1 Å². The summed E-state index contributed by atoms with van der Waals surface area (Å²) in [6, 6.07) is 7.56. The molecule has 4 nitrogen and oxygen atoms in total. The van der Waals surface area contributed by atoms with Crippen LogP contribution in [0, 0.1) is 0 Å². The molecule has 0 fully saturated rings. The molecule has 0 radical (unpaired) electrons. The molecule has 0 spiro atoms. The Morgan fingerprint density at radius 2 is 1.82 bits per heavy atom. The molecule has 0 heterocycles. The van der Waals surface area contributed by atoms with Crippen molar-refractivity contribution >= 4 is 15.7 Å². The minimum atomic E-state index is -3.24. The number of hydrogen-bond donors (Lipinski definition) is 1. The fraction of sp³-hybridized carbons (Fsp3) is 0.500. The van der Waals surface area contributed by atoms with Crippen LogP contribution >= 0.6 is 0 Å². The monoisotopic (exact) mass is 256 g/mol. The number of nitrogens with zero attached hydrogens (tertiary/aromatic N) is 1. The third-order valence-corrected chi connectivity index (χ3v) is 4.58. The summed E-state index contributed by atoms with van der Waals surface area (Å²) in [6.45, 7) is 2.46. The first-order valence-electron chi connectivity index (χ1n) is 5.77. The molecular formula is C12H20N2O2S. The smallest absolute Gasteiger partial charge is 0.234 e. The average Bonchev–Trinajstić information content (AvgIpc) is 2.35. The predicted molar refractivity (Wildman–Crippen MR) is 71.7 cm³/mol. The van der Waals surface area contributed by atoms with Gasteiger partial charge in [-0.2, -0.15) is 0 Å². The molecule has 0 aliphatic rings. The van der Waals surface area contributed by atoms with Gasteiger partial charge in [0.15, 0.2) is 0 Å². The molecule has 0 unspecified atom stereocenters. The van der Waals surface area contributed by atoms with Crippen molar-refractivity contribution in [3.8, 4) is 0 Å². The Bertz CT molecular complexity index is 440. The van der Waals surface area contributed by atoms with E-state index in [-0.39, 0.29) is 5.75 Å². The lowest BCUT2D eigenvalue weighted by Crippen LogP contribution is -2.29. The molecule has 96 valence electrons. The fourth-order valence-corrected chi connectivity index (χ4v) is 2.75. The van der Waals surface area contributed by atoms with E-state index in [1.165, 1.54) is 9.87 Å². The number of sulfonamides is 1. The van der Waals surface area contributed by atoms with Crippen LogP contribution in [-0.2, 0) is 16.4 Å². The van der Waals surface area contributed by atoms with E-state index in [4.69, 9.17) is 5.73 Å². The molecule has 1 aromatic rings. The van der Waals surface area contributed by atoms with E-state index in [1.807, 2.05) is 24.3 Å². The van der Waals surface area contributed by atoms with Crippen molar-refractivity contribution < 1.29 is 8.42 Å². The highest BCUT2D eigenvalue weighted by molar-refractivity contribution is 7.92. The lowest BCUT2D eigenvalue weighted by atomic mass is 10.1. The van der Waals surface area contributed by atoms with Gasteiger partial charge in [0.05, 0.1) is 11.4 Å². The largest absolute Gasteiger partial charge is 0.330 e. The zero-order valence-corrected chi connectivity index (χ0v) is 11.2. The Hall–Kier alpha value is -1.07. The van der Waals surface area contributed by atoms with Gasteiger partial charge < -0.3 is 5.73 Å². The second-order valence-electron chi connectivity index (χ2n) is 3.95. The summed E-state index contributed by atoms with van der Waals surface area (Å²) in [5.74, 6) is 0.0928. The Balaban J connectivity index is 2.84. The van der Waals surface area contributed by atoms with Gasteiger partial charge in [0.1, 0.15) is 0 Å². The molecular weight excluding hydrogens is 236 g/mol. The number of anilines is 1. The maximum atomic E-state index is 11.9. The zero-order chi connectivity index (χ0) is 12.9. The van der Waals surface area contributed by atoms with E-state index in [9.17, 15) is 8.42 Å². The molecule has 1 aromatic carbocycles. The quantitative estimate of drug-likeness (QED) is 0.836. The van der Waals surface area contributed by atoms with E-state index in [0.717, 1.165) is 6.42 Å². The third kappa shape index (κ3) is 3.71. The van der Waals surface area contributed by atoms with E-state index in [2.05, 4.69) is 6.92 Å². The SMILES string of the molecule is CCc1ccc(N(C)S(=O)(=O)CCCN)cc1. The van der Waals surface area contributed by atoms with Crippen LogP contribution in [0.3, 0.4) is 0 Å². The van der Waals surface area contributed by atoms with Crippen molar-refractivity contribution in [2.45, 2.75) is 19.8 Å². The summed E-state index contributed by atoms with van der Waals surface area (Å²) in [7, 11) is -1.67. The summed E-state index contributed by atoms with van der Waals surface area (Å²) >= 11 is 0. The predicted octanol–water partition coefficient (Wildman–Crippen LogP) is 1.36. The number of rotatable bonds is 6. The van der Waals surface area contributed by atoms with Crippen molar-refractivity contribution in [3.05, 3.63) is 29.8 Å². The van der Waals surface area contributed by atoms with Crippen LogP contribution in [0.5, 0.6) is 0 Å². The van der Waals surface area contributed by atoms with Gasteiger partial charge in [0.2, 0.25) is 10.0 Å². The molecule has 0 aliphatic heterocycles. The lowest BCUT2D eigenvalue weighted by molar-refractivity contribution is 0.592. The standard InChI is InChI=1S/C12H20N2O2S/c1-3-11-5-7-12(8-6-11)14(2)17(15,16)10-4-9-13/h5-8H,3-4,9-10,13H2,1-2H3. The molecule has 0 atom stereocenters. The van der Waals surface area contributed by atoms with Crippen molar-refractivity contribution in [3.63, 3.8) is 0 Å². The molecule has 0 saturated heterocycles. The molecule has 0 bridgehead atoms. The topological polar surface area (TPSA) is 63.4 Å². The number of hydrogen-bond acceptors (Lipinski definition) is 3. The van der Waals surface area contributed by atoms with Gasteiger partial charge in [-0.25, -0.2) is 8.42 Å².